The number of hydrogen-bond donors (Lipinski definition) is 3. The molecule has 0 atom stereocenters. The summed E-state index contributed by atoms with van der Waals surface area (Å²) in [6, 6.07) is 17.4. The predicted molar refractivity (Wildman–Crippen MR) is 152 cm³/mol. The normalized spacial score (nSPS) is 12.1. The van der Waals surface area contributed by atoms with E-state index in [0.717, 1.165) is 22.3 Å². The maximum atomic E-state index is 14.4. The molecule has 0 saturated heterocycles. The molecular weight excluding hydrogens is 522 g/mol. The monoisotopic (exact) mass is 550 g/mol. The first-order valence-electron chi connectivity index (χ1n) is 12.6. The molecule has 1 aromatic heterocycles. The van der Waals surface area contributed by atoms with Crippen LogP contribution >= 0.6 is 11.6 Å². The van der Waals surface area contributed by atoms with E-state index >= 15 is 0 Å². The van der Waals surface area contributed by atoms with E-state index in [4.69, 9.17) is 16.3 Å². The Labute approximate surface area is 230 Å². The summed E-state index contributed by atoms with van der Waals surface area (Å²) in [4.78, 5) is 11.2. The number of nitrogens with zero attached hydrogens (tertiary/aromatic N) is 1. The third-order valence-electron chi connectivity index (χ3n) is 6.18. The van der Waals surface area contributed by atoms with Crippen LogP contribution in [0.1, 0.15) is 30.0 Å². The zero-order valence-corrected chi connectivity index (χ0v) is 22.4. The van der Waals surface area contributed by atoms with E-state index in [0.29, 0.717) is 53.4 Å². The summed E-state index contributed by atoms with van der Waals surface area (Å²) >= 11 is 6.48. The Hall–Kier alpha value is -4.01. The molecule has 0 spiro atoms. The first-order valence-corrected chi connectivity index (χ1v) is 12.9. The van der Waals surface area contributed by atoms with Crippen molar-refractivity contribution >= 4 is 39.6 Å². The van der Waals surface area contributed by atoms with E-state index in [2.05, 4.69) is 20.8 Å². The van der Waals surface area contributed by atoms with Crippen molar-refractivity contribution in [2.75, 3.05) is 26.7 Å². The highest BCUT2D eigenvalue weighted by atomic mass is 35.5. The van der Waals surface area contributed by atoms with Gasteiger partial charge in [-0.1, -0.05) is 48.9 Å². The molecule has 0 unspecified atom stereocenters. The molecule has 1 amide bonds. The molecule has 202 valence electrons. The average Bonchev–Trinajstić information content (AvgIpc) is 3.31. The van der Waals surface area contributed by atoms with Crippen molar-refractivity contribution in [3.8, 4) is 5.75 Å². The van der Waals surface area contributed by atoms with E-state index in [1.165, 1.54) is 18.2 Å². The molecule has 0 aliphatic rings. The minimum atomic E-state index is -0.509. The van der Waals surface area contributed by atoms with Gasteiger partial charge in [0.05, 0.1) is 15.9 Å². The highest BCUT2D eigenvalue weighted by Crippen LogP contribution is 2.38. The van der Waals surface area contributed by atoms with E-state index in [-0.39, 0.29) is 5.91 Å². The number of aromatic nitrogens is 2. The van der Waals surface area contributed by atoms with Crippen LogP contribution in [0.3, 0.4) is 0 Å². The Morgan fingerprint density at radius 3 is 2.56 bits per heavy atom. The third-order valence-corrected chi connectivity index (χ3v) is 6.49. The summed E-state index contributed by atoms with van der Waals surface area (Å²) < 4.78 is 34.1. The van der Waals surface area contributed by atoms with Gasteiger partial charge in [0.2, 0.25) is 11.9 Å². The lowest BCUT2D eigenvalue weighted by Gasteiger charge is -2.18. The van der Waals surface area contributed by atoms with Crippen LogP contribution in [-0.4, -0.2) is 42.8 Å². The SMILES string of the molecule is CC/C(=C(/c1ccc(OCCNC/C=C/C(=O)NC)cc1)c1ccc2n[nH]c(F)c2c1)c1ccc(F)cc1Cl. The molecule has 0 radical (unpaired) electrons. The molecule has 0 saturated carbocycles. The lowest BCUT2D eigenvalue weighted by atomic mass is 9.87. The van der Waals surface area contributed by atoms with Crippen LogP contribution in [0.5, 0.6) is 5.75 Å². The Bertz CT molecular complexity index is 1510. The van der Waals surface area contributed by atoms with Crippen LogP contribution in [0.2, 0.25) is 5.02 Å². The summed E-state index contributed by atoms with van der Waals surface area (Å²) in [5, 5.41) is 12.8. The van der Waals surface area contributed by atoms with Crippen molar-refractivity contribution in [2.24, 2.45) is 0 Å². The first-order chi connectivity index (χ1) is 18.9. The van der Waals surface area contributed by atoms with Crippen molar-refractivity contribution in [3.63, 3.8) is 0 Å². The molecular formula is C30H29ClF2N4O2. The molecule has 0 fully saturated rings. The number of aromatic amines is 1. The topological polar surface area (TPSA) is 79.0 Å². The fourth-order valence-electron chi connectivity index (χ4n) is 4.28. The van der Waals surface area contributed by atoms with Crippen molar-refractivity contribution in [2.45, 2.75) is 13.3 Å². The Kier molecular flexibility index (Phi) is 9.46. The van der Waals surface area contributed by atoms with Gasteiger partial charge < -0.3 is 15.4 Å². The van der Waals surface area contributed by atoms with Gasteiger partial charge in [-0.25, -0.2) is 4.39 Å². The maximum Gasteiger partial charge on any atom is 0.243 e. The molecule has 9 heteroatoms. The zero-order valence-electron chi connectivity index (χ0n) is 21.7. The lowest BCUT2D eigenvalue weighted by molar-refractivity contribution is -0.116. The second-order valence-corrected chi connectivity index (χ2v) is 9.10. The molecule has 4 aromatic rings. The molecule has 0 aliphatic carbocycles. The minimum Gasteiger partial charge on any atom is -0.492 e. The number of rotatable bonds is 11. The zero-order chi connectivity index (χ0) is 27.8. The highest BCUT2D eigenvalue weighted by molar-refractivity contribution is 6.32. The molecule has 0 aliphatic heterocycles. The van der Waals surface area contributed by atoms with Crippen LogP contribution in [0.15, 0.2) is 72.8 Å². The van der Waals surface area contributed by atoms with Gasteiger partial charge in [-0.3, -0.25) is 9.89 Å². The number of likely N-dealkylation sites (N-methyl/N-ethyl adjacent to an activating group) is 1. The quantitative estimate of drug-likeness (QED) is 0.119. The number of carbonyl (C=O) groups is 1. The third kappa shape index (κ3) is 6.90. The van der Waals surface area contributed by atoms with Crippen molar-refractivity contribution in [3.05, 3.63) is 106 Å². The van der Waals surface area contributed by atoms with Gasteiger partial charge in [-0.2, -0.15) is 9.49 Å². The van der Waals surface area contributed by atoms with Gasteiger partial charge in [0.15, 0.2) is 0 Å². The number of allylic oxidation sites excluding steroid dienone is 1. The van der Waals surface area contributed by atoms with Crippen molar-refractivity contribution < 1.29 is 18.3 Å². The molecule has 4 rings (SSSR count). The van der Waals surface area contributed by atoms with Crippen LogP contribution in [0.25, 0.3) is 22.0 Å². The van der Waals surface area contributed by atoms with E-state index < -0.39 is 11.8 Å². The number of fused-ring (bicyclic) bond motifs is 1. The summed E-state index contributed by atoms with van der Waals surface area (Å²) in [5.74, 6) is -0.383. The number of benzene rings is 3. The van der Waals surface area contributed by atoms with Gasteiger partial charge in [0.1, 0.15) is 18.2 Å². The number of hydrogen-bond acceptors (Lipinski definition) is 4. The molecule has 6 nitrogen and oxygen atoms in total. The van der Waals surface area contributed by atoms with Crippen molar-refractivity contribution in [1.29, 1.82) is 0 Å². The Morgan fingerprint density at radius 1 is 1.08 bits per heavy atom. The largest absolute Gasteiger partial charge is 0.492 e. The molecule has 39 heavy (non-hydrogen) atoms. The maximum absolute atomic E-state index is 14.4. The molecule has 1 heterocycles. The van der Waals surface area contributed by atoms with Crippen LogP contribution < -0.4 is 15.4 Å². The summed E-state index contributed by atoms with van der Waals surface area (Å²) in [7, 11) is 1.58. The summed E-state index contributed by atoms with van der Waals surface area (Å²) in [5.41, 5.74) is 4.63. The molecule has 0 bridgehead atoms. The average molecular weight is 551 g/mol. The fourth-order valence-corrected chi connectivity index (χ4v) is 4.56. The van der Waals surface area contributed by atoms with Gasteiger partial charge in [-0.15, -0.1) is 0 Å². The van der Waals surface area contributed by atoms with Crippen LogP contribution in [0.4, 0.5) is 8.78 Å². The highest BCUT2D eigenvalue weighted by Gasteiger charge is 2.17. The van der Waals surface area contributed by atoms with Crippen LogP contribution in [-0.2, 0) is 4.79 Å². The van der Waals surface area contributed by atoms with Gasteiger partial charge >= 0.3 is 0 Å². The van der Waals surface area contributed by atoms with Crippen LogP contribution in [0, 0.1) is 11.8 Å². The Morgan fingerprint density at radius 2 is 1.85 bits per heavy atom. The molecule has 3 N–H and O–H groups in total. The van der Waals surface area contributed by atoms with E-state index in [9.17, 15) is 13.6 Å². The molecule has 3 aromatic carbocycles. The Balaban J connectivity index is 1.61. The number of halogens is 3. The fraction of sp³-hybridized carbons (Fsp3) is 0.200. The van der Waals surface area contributed by atoms with Gasteiger partial charge in [0, 0.05) is 26.2 Å². The summed E-state index contributed by atoms with van der Waals surface area (Å²) in [6.45, 7) is 3.60. The smallest absolute Gasteiger partial charge is 0.243 e. The second kappa shape index (κ2) is 13.2. The number of nitrogens with one attached hydrogen (secondary N) is 3. The number of amides is 1. The van der Waals surface area contributed by atoms with E-state index in [1.807, 2.05) is 37.3 Å². The number of carbonyl (C=O) groups excluding carboxylic acids is 1. The standard InChI is InChI=1S/C30H29ClF2N4O2/c1-3-23(24-12-9-21(32)18-26(24)31)29(20-8-13-27-25(17-20)30(33)37-36-27)19-6-10-22(11-7-19)39-16-15-35-14-4-5-28(38)34-2/h4-13,17-18,35H,3,14-16H2,1-2H3,(H,34,38)(H,36,37)/b5-4+,29-23+. The minimum absolute atomic E-state index is 0.149. The predicted octanol–water partition coefficient (Wildman–Crippen LogP) is 6.13. The van der Waals surface area contributed by atoms with Gasteiger partial charge in [0.25, 0.3) is 0 Å². The second-order valence-electron chi connectivity index (χ2n) is 8.69. The lowest BCUT2D eigenvalue weighted by Crippen LogP contribution is -2.21. The number of H-pyrrole nitrogens is 1. The summed E-state index contributed by atoms with van der Waals surface area (Å²) in [6.07, 6.45) is 3.82. The van der Waals surface area contributed by atoms with Gasteiger partial charge in [-0.05, 0) is 70.7 Å². The number of ether oxygens (including phenoxy) is 1. The first kappa shape index (κ1) is 28.0. The van der Waals surface area contributed by atoms with E-state index in [1.54, 1.807) is 31.3 Å². The van der Waals surface area contributed by atoms with Crippen molar-refractivity contribution in [1.82, 2.24) is 20.8 Å².